The number of carbonyl (C=O) groups is 1. The molecule has 0 N–H and O–H groups in total. The van der Waals surface area contributed by atoms with Gasteiger partial charge in [0.05, 0.1) is 5.56 Å². The molecular formula is C16H14F3NO. The van der Waals surface area contributed by atoms with Gasteiger partial charge in [0.25, 0.3) is 0 Å². The highest BCUT2D eigenvalue weighted by molar-refractivity contribution is 5.97. The molecule has 0 amide bonds. The summed E-state index contributed by atoms with van der Waals surface area (Å²) in [6, 6.07) is 8.39. The number of ketones is 1. The molecule has 0 radical (unpaired) electrons. The Labute approximate surface area is 120 Å². The van der Waals surface area contributed by atoms with Crippen LogP contribution in [0.2, 0.25) is 0 Å². The van der Waals surface area contributed by atoms with Crippen molar-refractivity contribution in [1.82, 2.24) is 4.98 Å². The summed E-state index contributed by atoms with van der Waals surface area (Å²) in [5.74, 6) is -0.545. The molecule has 1 heterocycles. The quantitative estimate of drug-likeness (QED) is 0.790. The molecule has 0 aliphatic rings. The smallest absolute Gasteiger partial charge is 0.294 e. The third kappa shape index (κ3) is 3.90. The monoisotopic (exact) mass is 293 g/mol. The number of benzene rings is 1. The largest absolute Gasteiger partial charge is 0.417 e. The Morgan fingerprint density at radius 2 is 2.00 bits per heavy atom. The van der Waals surface area contributed by atoms with Gasteiger partial charge >= 0.3 is 6.18 Å². The highest BCUT2D eigenvalue weighted by Gasteiger charge is 2.34. The van der Waals surface area contributed by atoms with Gasteiger partial charge in [-0.15, -0.1) is 0 Å². The van der Waals surface area contributed by atoms with E-state index in [0.29, 0.717) is 6.42 Å². The van der Waals surface area contributed by atoms with Crippen LogP contribution < -0.4 is 0 Å². The molecule has 0 unspecified atom stereocenters. The topological polar surface area (TPSA) is 30.0 Å². The number of hydrogen-bond acceptors (Lipinski definition) is 2. The van der Waals surface area contributed by atoms with Crippen molar-refractivity contribution in [2.24, 2.45) is 0 Å². The number of nitrogens with zero attached hydrogens (tertiary/aromatic N) is 1. The van der Waals surface area contributed by atoms with Gasteiger partial charge < -0.3 is 0 Å². The second-order valence-corrected chi connectivity index (χ2v) is 4.83. The number of hydrogen-bond donors (Lipinski definition) is 0. The first kappa shape index (κ1) is 15.2. The molecule has 1 aromatic heterocycles. The zero-order chi connectivity index (χ0) is 15.5. The Morgan fingerprint density at radius 1 is 1.24 bits per heavy atom. The molecule has 0 aliphatic carbocycles. The first-order valence-electron chi connectivity index (χ1n) is 6.48. The van der Waals surface area contributed by atoms with Gasteiger partial charge in [0.2, 0.25) is 0 Å². The van der Waals surface area contributed by atoms with E-state index in [-0.39, 0.29) is 12.0 Å². The average molecular weight is 293 g/mol. The zero-order valence-electron chi connectivity index (χ0n) is 11.4. The van der Waals surface area contributed by atoms with Crippen molar-refractivity contribution in [2.45, 2.75) is 25.9 Å². The Bertz CT molecular complexity index is 650. The molecule has 0 saturated heterocycles. The molecule has 2 rings (SSSR count). The van der Waals surface area contributed by atoms with Crippen molar-refractivity contribution >= 4 is 5.78 Å². The molecule has 0 fully saturated rings. The fourth-order valence-corrected chi connectivity index (χ4v) is 2.12. The van der Waals surface area contributed by atoms with Gasteiger partial charge in [-0.25, -0.2) is 0 Å². The van der Waals surface area contributed by atoms with Crippen LogP contribution in [0, 0.1) is 6.92 Å². The first-order chi connectivity index (χ1) is 9.88. The van der Waals surface area contributed by atoms with E-state index in [1.807, 2.05) is 31.2 Å². The number of aromatic nitrogens is 1. The Balaban J connectivity index is 2.14. The normalized spacial score (nSPS) is 11.4. The minimum Gasteiger partial charge on any atom is -0.294 e. The SMILES string of the molecule is Cc1cccc(CCC(=O)c2cnccc2C(F)(F)F)c1. The van der Waals surface area contributed by atoms with Crippen LogP contribution in [-0.4, -0.2) is 10.8 Å². The minimum atomic E-state index is -4.54. The number of rotatable bonds is 4. The third-order valence-corrected chi connectivity index (χ3v) is 3.15. The zero-order valence-corrected chi connectivity index (χ0v) is 11.4. The average Bonchev–Trinajstić information content (AvgIpc) is 2.44. The molecule has 110 valence electrons. The molecule has 1 aromatic carbocycles. The number of alkyl halides is 3. The first-order valence-corrected chi connectivity index (χ1v) is 6.48. The molecule has 0 atom stereocenters. The van der Waals surface area contributed by atoms with Crippen LogP contribution in [0.25, 0.3) is 0 Å². The minimum absolute atomic E-state index is 0.0260. The van der Waals surface area contributed by atoms with Gasteiger partial charge in [-0.2, -0.15) is 13.2 Å². The molecular weight excluding hydrogens is 279 g/mol. The molecule has 0 aliphatic heterocycles. The fraction of sp³-hybridized carbons (Fsp3) is 0.250. The van der Waals surface area contributed by atoms with E-state index in [9.17, 15) is 18.0 Å². The van der Waals surface area contributed by atoms with Crippen LogP contribution in [0.5, 0.6) is 0 Å². The summed E-state index contributed by atoms with van der Waals surface area (Å²) in [6.45, 7) is 1.92. The van der Waals surface area contributed by atoms with Crippen LogP contribution in [0.1, 0.15) is 33.5 Å². The highest BCUT2D eigenvalue weighted by atomic mass is 19.4. The van der Waals surface area contributed by atoms with Crippen molar-refractivity contribution in [3.8, 4) is 0 Å². The van der Waals surface area contributed by atoms with Crippen molar-refractivity contribution < 1.29 is 18.0 Å². The maximum atomic E-state index is 12.8. The number of halogens is 3. The lowest BCUT2D eigenvalue weighted by atomic mass is 9.99. The van der Waals surface area contributed by atoms with Gasteiger partial charge in [0, 0.05) is 24.4 Å². The Kier molecular flexibility index (Phi) is 4.40. The third-order valence-electron chi connectivity index (χ3n) is 3.15. The number of carbonyl (C=O) groups excluding carboxylic acids is 1. The van der Waals surface area contributed by atoms with Gasteiger partial charge in [-0.1, -0.05) is 29.8 Å². The highest BCUT2D eigenvalue weighted by Crippen LogP contribution is 2.32. The maximum Gasteiger partial charge on any atom is 0.417 e. The second kappa shape index (κ2) is 6.08. The van der Waals surface area contributed by atoms with Crippen molar-refractivity contribution in [2.75, 3.05) is 0 Å². The Morgan fingerprint density at radius 3 is 2.67 bits per heavy atom. The van der Waals surface area contributed by atoms with Crippen LogP contribution in [0.4, 0.5) is 13.2 Å². The van der Waals surface area contributed by atoms with E-state index < -0.39 is 17.5 Å². The van der Waals surface area contributed by atoms with E-state index >= 15 is 0 Å². The summed E-state index contributed by atoms with van der Waals surface area (Å²) >= 11 is 0. The molecule has 0 bridgehead atoms. The van der Waals surface area contributed by atoms with Gasteiger partial charge in [-0.3, -0.25) is 9.78 Å². The summed E-state index contributed by atoms with van der Waals surface area (Å²) in [7, 11) is 0. The molecule has 21 heavy (non-hydrogen) atoms. The van der Waals surface area contributed by atoms with Crippen LogP contribution >= 0.6 is 0 Å². The molecule has 2 nitrogen and oxygen atoms in total. The fourth-order valence-electron chi connectivity index (χ4n) is 2.12. The molecule has 5 heteroatoms. The summed E-state index contributed by atoms with van der Waals surface area (Å²) in [5, 5.41) is 0. The Hall–Kier alpha value is -2.17. The predicted octanol–water partition coefficient (Wildman–Crippen LogP) is 4.22. The van der Waals surface area contributed by atoms with Crippen molar-refractivity contribution in [1.29, 1.82) is 0 Å². The van der Waals surface area contributed by atoms with Gasteiger partial charge in [0.1, 0.15) is 0 Å². The molecule has 0 saturated carbocycles. The second-order valence-electron chi connectivity index (χ2n) is 4.83. The van der Waals surface area contributed by atoms with Crippen molar-refractivity contribution in [3.05, 3.63) is 65.0 Å². The molecule has 2 aromatic rings. The van der Waals surface area contributed by atoms with Crippen LogP contribution in [-0.2, 0) is 12.6 Å². The van der Waals surface area contributed by atoms with Crippen LogP contribution in [0.3, 0.4) is 0 Å². The lowest BCUT2D eigenvalue weighted by Crippen LogP contribution is -2.14. The van der Waals surface area contributed by atoms with Crippen molar-refractivity contribution in [3.63, 3.8) is 0 Å². The number of Topliss-reactive ketones (excluding diaryl/α,β-unsaturated/α-hetero) is 1. The summed E-state index contributed by atoms with van der Waals surface area (Å²) in [5.41, 5.74) is 0.697. The van der Waals surface area contributed by atoms with E-state index in [1.165, 1.54) is 0 Å². The number of pyridine rings is 1. The van der Waals surface area contributed by atoms with E-state index in [2.05, 4.69) is 4.98 Å². The van der Waals surface area contributed by atoms with Gasteiger partial charge in [0.15, 0.2) is 5.78 Å². The van der Waals surface area contributed by atoms with E-state index in [1.54, 1.807) is 0 Å². The standard InChI is InChI=1S/C16H14F3NO/c1-11-3-2-4-12(9-11)5-6-15(21)13-10-20-8-7-14(13)16(17,18)19/h2-4,7-10H,5-6H2,1H3. The molecule has 0 spiro atoms. The lowest BCUT2D eigenvalue weighted by Gasteiger charge is -2.11. The van der Waals surface area contributed by atoms with E-state index in [0.717, 1.165) is 29.6 Å². The number of aryl methyl sites for hydroxylation is 2. The van der Waals surface area contributed by atoms with Gasteiger partial charge in [-0.05, 0) is 25.0 Å². The predicted molar refractivity (Wildman–Crippen MR) is 73.1 cm³/mol. The summed E-state index contributed by atoms with van der Waals surface area (Å²) in [6.07, 6.45) is -2.08. The lowest BCUT2D eigenvalue weighted by molar-refractivity contribution is -0.138. The maximum absolute atomic E-state index is 12.8. The summed E-state index contributed by atoms with van der Waals surface area (Å²) in [4.78, 5) is 15.7. The van der Waals surface area contributed by atoms with Crippen LogP contribution in [0.15, 0.2) is 42.7 Å². The van der Waals surface area contributed by atoms with E-state index in [4.69, 9.17) is 0 Å². The summed E-state index contributed by atoms with van der Waals surface area (Å²) < 4.78 is 38.5.